The van der Waals surface area contributed by atoms with E-state index in [1.165, 1.54) is 0 Å². The van der Waals surface area contributed by atoms with Crippen LogP contribution in [-0.4, -0.2) is 33.6 Å². The number of nitrogens with one attached hydrogen (secondary N) is 2. The van der Waals surface area contributed by atoms with E-state index in [0.717, 1.165) is 22.6 Å². The molecule has 0 bridgehead atoms. The number of para-hydroxylation sites is 1. The van der Waals surface area contributed by atoms with Crippen LogP contribution in [-0.2, 0) is 11.2 Å². The Hall–Kier alpha value is -3.22. The van der Waals surface area contributed by atoms with E-state index in [0.29, 0.717) is 12.2 Å². The molecule has 2 N–H and O–H groups in total. The van der Waals surface area contributed by atoms with Gasteiger partial charge >= 0.3 is 0 Å². The number of aromatic amines is 1. The third-order valence-electron chi connectivity index (χ3n) is 3.93. The number of methoxy groups -OCH3 is 1. The second-order valence-corrected chi connectivity index (χ2v) is 5.69. The van der Waals surface area contributed by atoms with Gasteiger partial charge in [0.15, 0.2) is 5.82 Å². The fourth-order valence-electron chi connectivity index (χ4n) is 2.58. The van der Waals surface area contributed by atoms with Gasteiger partial charge < -0.3 is 10.1 Å². The number of amides is 1. The summed E-state index contributed by atoms with van der Waals surface area (Å²) in [6.07, 6.45) is 0.404. The predicted octanol–water partition coefficient (Wildman–Crippen LogP) is 2.48. The molecule has 25 heavy (non-hydrogen) atoms. The van der Waals surface area contributed by atoms with Gasteiger partial charge in [-0.1, -0.05) is 41.1 Å². The number of nitrogens with zero attached hydrogens (tertiary/aromatic N) is 3. The SMILES string of the molecule is COc1ccccc1CC(C(=O)Nc1ccc(C)cc1)c1nn[nH]n1. The van der Waals surface area contributed by atoms with Crippen molar-refractivity contribution < 1.29 is 9.53 Å². The Kier molecular flexibility index (Phi) is 5.03. The smallest absolute Gasteiger partial charge is 0.235 e. The molecule has 0 aliphatic carbocycles. The van der Waals surface area contributed by atoms with E-state index < -0.39 is 5.92 Å². The molecule has 1 amide bonds. The number of hydrogen-bond donors (Lipinski definition) is 2. The minimum Gasteiger partial charge on any atom is -0.496 e. The first-order valence-electron chi connectivity index (χ1n) is 7.90. The van der Waals surface area contributed by atoms with Crippen LogP contribution in [0.15, 0.2) is 48.5 Å². The molecule has 0 aliphatic heterocycles. The highest BCUT2D eigenvalue weighted by atomic mass is 16.5. The highest BCUT2D eigenvalue weighted by molar-refractivity contribution is 5.95. The second-order valence-electron chi connectivity index (χ2n) is 5.69. The summed E-state index contributed by atoms with van der Waals surface area (Å²) in [4.78, 5) is 12.8. The fraction of sp³-hybridized carbons (Fsp3) is 0.222. The van der Waals surface area contributed by atoms with Crippen LogP contribution in [0, 0.1) is 6.92 Å². The Labute approximate surface area is 145 Å². The summed E-state index contributed by atoms with van der Waals surface area (Å²) in [6.45, 7) is 2.00. The Morgan fingerprint density at radius 1 is 1.20 bits per heavy atom. The van der Waals surface area contributed by atoms with Crippen LogP contribution in [0.2, 0.25) is 0 Å². The summed E-state index contributed by atoms with van der Waals surface area (Å²) in [5, 5.41) is 16.9. The predicted molar refractivity (Wildman–Crippen MR) is 93.4 cm³/mol. The van der Waals surface area contributed by atoms with E-state index in [2.05, 4.69) is 25.9 Å². The van der Waals surface area contributed by atoms with Crippen molar-refractivity contribution in [1.82, 2.24) is 20.6 Å². The summed E-state index contributed by atoms with van der Waals surface area (Å²) in [5.74, 6) is 0.280. The Morgan fingerprint density at radius 2 is 1.96 bits per heavy atom. The van der Waals surface area contributed by atoms with E-state index in [-0.39, 0.29) is 5.91 Å². The van der Waals surface area contributed by atoms with E-state index in [1.807, 2.05) is 55.5 Å². The number of aromatic nitrogens is 4. The van der Waals surface area contributed by atoms with Crippen LogP contribution >= 0.6 is 0 Å². The first kappa shape index (κ1) is 16.6. The third-order valence-corrected chi connectivity index (χ3v) is 3.93. The number of ether oxygens (including phenoxy) is 1. The molecule has 3 aromatic rings. The Morgan fingerprint density at radius 3 is 2.64 bits per heavy atom. The number of H-pyrrole nitrogens is 1. The number of rotatable bonds is 6. The Balaban J connectivity index is 1.84. The van der Waals surface area contributed by atoms with Crippen LogP contribution < -0.4 is 10.1 Å². The van der Waals surface area contributed by atoms with Crippen LogP contribution in [0.1, 0.15) is 22.9 Å². The van der Waals surface area contributed by atoms with E-state index >= 15 is 0 Å². The van der Waals surface area contributed by atoms with Crippen molar-refractivity contribution in [3.05, 3.63) is 65.5 Å². The van der Waals surface area contributed by atoms with Crippen LogP contribution in [0.25, 0.3) is 0 Å². The summed E-state index contributed by atoms with van der Waals surface area (Å²) < 4.78 is 5.38. The van der Waals surface area contributed by atoms with Gasteiger partial charge in [0.05, 0.1) is 7.11 Å². The number of aryl methyl sites for hydroxylation is 1. The molecule has 0 aliphatic rings. The van der Waals surface area contributed by atoms with Crippen molar-refractivity contribution in [2.24, 2.45) is 0 Å². The molecule has 3 rings (SSSR count). The molecule has 2 aromatic carbocycles. The molecule has 1 aromatic heterocycles. The molecule has 0 fully saturated rings. The van der Waals surface area contributed by atoms with Crippen LogP contribution in [0.4, 0.5) is 5.69 Å². The number of carbonyl (C=O) groups excluding carboxylic acids is 1. The zero-order valence-corrected chi connectivity index (χ0v) is 14.1. The topological polar surface area (TPSA) is 92.8 Å². The van der Waals surface area contributed by atoms with Crippen molar-refractivity contribution in [2.45, 2.75) is 19.3 Å². The number of carbonyl (C=O) groups is 1. The summed E-state index contributed by atoms with van der Waals surface area (Å²) >= 11 is 0. The van der Waals surface area contributed by atoms with E-state index in [4.69, 9.17) is 4.74 Å². The second kappa shape index (κ2) is 7.57. The molecule has 7 nitrogen and oxygen atoms in total. The van der Waals surface area contributed by atoms with Gasteiger partial charge in [-0.15, -0.1) is 10.2 Å². The highest BCUT2D eigenvalue weighted by Crippen LogP contribution is 2.26. The molecular weight excluding hydrogens is 318 g/mol. The van der Waals surface area contributed by atoms with Gasteiger partial charge in [0.1, 0.15) is 11.7 Å². The first-order chi connectivity index (χ1) is 12.2. The lowest BCUT2D eigenvalue weighted by molar-refractivity contribution is -0.117. The van der Waals surface area contributed by atoms with Gasteiger partial charge in [0, 0.05) is 5.69 Å². The molecule has 1 unspecified atom stereocenters. The van der Waals surface area contributed by atoms with Crippen molar-refractivity contribution in [3.8, 4) is 5.75 Å². The van der Waals surface area contributed by atoms with Crippen molar-refractivity contribution in [3.63, 3.8) is 0 Å². The highest BCUT2D eigenvalue weighted by Gasteiger charge is 2.26. The fourth-order valence-corrected chi connectivity index (χ4v) is 2.58. The van der Waals surface area contributed by atoms with Crippen molar-refractivity contribution in [2.75, 3.05) is 12.4 Å². The minimum atomic E-state index is -0.587. The molecule has 7 heteroatoms. The molecule has 0 saturated heterocycles. The lowest BCUT2D eigenvalue weighted by atomic mass is 9.97. The van der Waals surface area contributed by atoms with Crippen LogP contribution in [0.5, 0.6) is 5.75 Å². The van der Waals surface area contributed by atoms with Gasteiger partial charge in [-0.3, -0.25) is 4.79 Å². The molecular formula is C18H19N5O2. The van der Waals surface area contributed by atoms with Gasteiger partial charge in [-0.05, 0) is 37.1 Å². The van der Waals surface area contributed by atoms with Gasteiger partial charge in [0.25, 0.3) is 0 Å². The normalized spacial score (nSPS) is 11.8. The average Bonchev–Trinajstić information content (AvgIpc) is 3.16. The molecule has 1 atom stereocenters. The lowest BCUT2D eigenvalue weighted by Gasteiger charge is -2.15. The zero-order valence-electron chi connectivity index (χ0n) is 14.1. The van der Waals surface area contributed by atoms with Gasteiger partial charge in [0.2, 0.25) is 5.91 Å². The maximum absolute atomic E-state index is 12.8. The molecule has 0 spiro atoms. The number of hydrogen-bond acceptors (Lipinski definition) is 5. The summed E-state index contributed by atoms with van der Waals surface area (Å²) in [5.41, 5.74) is 2.75. The van der Waals surface area contributed by atoms with Crippen molar-refractivity contribution in [1.29, 1.82) is 0 Å². The maximum atomic E-state index is 12.8. The molecule has 1 heterocycles. The first-order valence-corrected chi connectivity index (χ1v) is 7.90. The van der Waals surface area contributed by atoms with Gasteiger partial charge in [-0.25, -0.2) is 0 Å². The number of anilines is 1. The average molecular weight is 337 g/mol. The molecule has 0 saturated carbocycles. The zero-order chi connectivity index (χ0) is 17.6. The summed E-state index contributed by atoms with van der Waals surface area (Å²) in [6, 6.07) is 15.2. The molecule has 0 radical (unpaired) electrons. The minimum absolute atomic E-state index is 0.198. The third kappa shape index (κ3) is 4.00. The lowest BCUT2D eigenvalue weighted by Crippen LogP contribution is -2.24. The summed E-state index contributed by atoms with van der Waals surface area (Å²) in [7, 11) is 1.61. The Bertz CT molecular complexity index is 831. The van der Waals surface area contributed by atoms with E-state index in [9.17, 15) is 4.79 Å². The quantitative estimate of drug-likeness (QED) is 0.721. The van der Waals surface area contributed by atoms with E-state index in [1.54, 1.807) is 7.11 Å². The maximum Gasteiger partial charge on any atom is 0.235 e. The largest absolute Gasteiger partial charge is 0.496 e. The van der Waals surface area contributed by atoms with Crippen molar-refractivity contribution >= 4 is 11.6 Å². The standard InChI is InChI=1S/C18H19N5O2/c1-12-7-9-14(10-8-12)19-18(24)15(17-20-22-23-21-17)11-13-5-3-4-6-16(13)25-2/h3-10,15H,11H2,1-2H3,(H,19,24)(H,20,21,22,23). The number of tetrazole rings is 1. The van der Waals surface area contributed by atoms with Gasteiger partial charge in [-0.2, -0.15) is 5.21 Å². The monoisotopic (exact) mass is 337 g/mol. The van der Waals surface area contributed by atoms with Crippen LogP contribution in [0.3, 0.4) is 0 Å². The molecule has 128 valence electrons. The number of benzene rings is 2.